The fraction of sp³-hybridized carbons (Fsp3) is 0.667. The Labute approximate surface area is 103 Å². The lowest BCUT2D eigenvalue weighted by Gasteiger charge is -2.34. The van der Waals surface area contributed by atoms with Gasteiger partial charge in [-0.2, -0.15) is 0 Å². The van der Waals surface area contributed by atoms with E-state index >= 15 is 0 Å². The quantitative estimate of drug-likeness (QED) is 0.583. The van der Waals surface area contributed by atoms with Gasteiger partial charge in [-0.05, 0) is 57.3 Å². The van der Waals surface area contributed by atoms with Crippen molar-refractivity contribution in [3.63, 3.8) is 0 Å². The third-order valence-corrected chi connectivity index (χ3v) is 4.53. The molecular weight excluding hydrogens is 212 g/mol. The molecule has 17 heavy (non-hydrogen) atoms. The van der Waals surface area contributed by atoms with Crippen molar-refractivity contribution in [2.75, 3.05) is 0 Å². The van der Waals surface area contributed by atoms with Crippen LogP contribution in [0, 0.1) is 17.8 Å². The van der Waals surface area contributed by atoms with Crippen LogP contribution in [0.25, 0.3) is 0 Å². The molecule has 2 heteroatoms. The van der Waals surface area contributed by atoms with Crippen molar-refractivity contribution in [2.24, 2.45) is 17.8 Å². The molecule has 3 atom stereocenters. The van der Waals surface area contributed by atoms with E-state index in [9.17, 15) is 4.79 Å². The van der Waals surface area contributed by atoms with Crippen LogP contribution in [0.4, 0.5) is 0 Å². The van der Waals surface area contributed by atoms with E-state index in [-0.39, 0.29) is 0 Å². The normalized spacial score (nSPS) is 33.8. The summed E-state index contributed by atoms with van der Waals surface area (Å²) in [5.74, 6) is 1.09. The van der Waals surface area contributed by atoms with E-state index in [2.05, 4.69) is 13.8 Å². The maximum Gasteiger partial charge on any atom is 0.330 e. The van der Waals surface area contributed by atoms with Crippen LogP contribution < -0.4 is 0 Å². The SMILES string of the molecule is CC1=C2[C@H](/C=C(\C)C(=O)O)CC[C@H](C)[C@@H]2CC1. The lowest BCUT2D eigenvalue weighted by atomic mass is 9.71. The van der Waals surface area contributed by atoms with Crippen molar-refractivity contribution in [3.8, 4) is 0 Å². The second kappa shape index (κ2) is 4.67. The van der Waals surface area contributed by atoms with Gasteiger partial charge in [-0.25, -0.2) is 4.79 Å². The maximum absolute atomic E-state index is 10.9. The Balaban J connectivity index is 2.27. The highest BCUT2D eigenvalue weighted by Crippen LogP contribution is 2.48. The number of fused-ring (bicyclic) bond motifs is 1. The van der Waals surface area contributed by atoms with Gasteiger partial charge >= 0.3 is 5.97 Å². The zero-order valence-electron chi connectivity index (χ0n) is 11.0. The molecule has 0 aromatic rings. The molecule has 1 saturated carbocycles. The van der Waals surface area contributed by atoms with Crippen LogP contribution in [0.2, 0.25) is 0 Å². The summed E-state index contributed by atoms with van der Waals surface area (Å²) in [6, 6.07) is 0. The van der Waals surface area contributed by atoms with Crippen LogP contribution in [-0.4, -0.2) is 11.1 Å². The van der Waals surface area contributed by atoms with E-state index < -0.39 is 5.97 Å². The number of rotatable bonds is 2. The molecule has 0 aliphatic heterocycles. The summed E-state index contributed by atoms with van der Waals surface area (Å²) >= 11 is 0. The molecule has 2 rings (SSSR count). The van der Waals surface area contributed by atoms with Crippen molar-refractivity contribution in [1.82, 2.24) is 0 Å². The molecule has 94 valence electrons. The van der Waals surface area contributed by atoms with Gasteiger partial charge in [0.15, 0.2) is 0 Å². The van der Waals surface area contributed by atoms with E-state index in [1.165, 1.54) is 24.8 Å². The molecule has 0 radical (unpaired) electrons. The third kappa shape index (κ3) is 2.31. The van der Waals surface area contributed by atoms with Crippen molar-refractivity contribution >= 4 is 5.97 Å². The molecule has 0 saturated heterocycles. The predicted octanol–water partition coefficient (Wildman–Crippen LogP) is 3.79. The fourth-order valence-electron chi connectivity index (χ4n) is 3.52. The molecule has 2 nitrogen and oxygen atoms in total. The Morgan fingerprint density at radius 2 is 2.06 bits per heavy atom. The first-order chi connectivity index (χ1) is 8.00. The third-order valence-electron chi connectivity index (χ3n) is 4.53. The molecule has 0 aromatic heterocycles. The maximum atomic E-state index is 10.9. The van der Waals surface area contributed by atoms with Crippen molar-refractivity contribution < 1.29 is 9.90 Å². The molecule has 1 N–H and O–H groups in total. The van der Waals surface area contributed by atoms with Crippen molar-refractivity contribution in [2.45, 2.75) is 46.5 Å². The topological polar surface area (TPSA) is 37.3 Å². The fourth-order valence-corrected chi connectivity index (χ4v) is 3.52. The first kappa shape index (κ1) is 12.4. The van der Waals surface area contributed by atoms with Crippen LogP contribution in [0.5, 0.6) is 0 Å². The first-order valence-corrected chi connectivity index (χ1v) is 6.62. The molecule has 1 fully saturated rings. The second-order valence-electron chi connectivity index (χ2n) is 5.70. The van der Waals surface area contributed by atoms with Gasteiger partial charge < -0.3 is 5.11 Å². The summed E-state index contributed by atoms with van der Waals surface area (Å²) in [6.07, 6.45) is 6.81. The van der Waals surface area contributed by atoms with Gasteiger partial charge in [0.1, 0.15) is 0 Å². The molecular formula is C15H22O2. The molecule has 0 amide bonds. The Kier molecular flexibility index (Phi) is 3.41. The molecule has 0 spiro atoms. The summed E-state index contributed by atoms with van der Waals surface area (Å²) < 4.78 is 0. The Morgan fingerprint density at radius 3 is 2.71 bits per heavy atom. The minimum Gasteiger partial charge on any atom is -0.478 e. The highest BCUT2D eigenvalue weighted by Gasteiger charge is 2.35. The summed E-state index contributed by atoms with van der Waals surface area (Å²) in [5, 5.41) is 8.99. The largest absolute Gasteiger partial charge is 0.478 e. The minimum absolute atomic E-state index is 0.384. The lowest BCUT2D eigenvalue weighted by molar-refractivity contribution is -0.132. The number of aliphatic carboxylic acids is 1. The van der Waals surface area contributed by atoms with Gasteiger partial charge in [0, 0.05) is 5.57 Å². The molecule has 0 bridgehead atoms. The first-order valence-electron chi connectivity index (χ1n) is 6.62. The smallest absolute Gasteiger partial charge is 0.330 e. The summed E-state index contributed by atoms with van der Waals surface area (Å²) in [6.45, 7) is 6.28. The molecule has 0 aromatic carbocycles. The van der Waals surface area contributed by atoms with Gasteiger partial charge in [-0.3, -0.25) is 0 Å². The number of carboxylic acid groups (broad SMARTS) is 1. The van der Waals surface area contributed by atoms with Crippen molar-refractivity contribution in [3.05, 3.63) is 22.8 Å². The predicted molar refractivity (Wildman–Crippen MR) is 68.7 cm³/mol. The van der Waals surface area contributed by atoms with Gasteiger partial charge in [0.25, 0.3) is 0 Å². The van der Waals surface area contributed by atoms with E-state index in [1.54, 1.807) is 12.5 Å². The average molecular weight is 234 g/mol. The van der Waals surface area contributed by atoms with Crippen LogP contribution in [0.1, 0.15) is 46.5 Å². The van der Waals surface area contributed by atoms with E-state index in [1.807, 2.05) is 6.08 Å². The number of hydrogen-bond donors (Lipinski definition) is 1. The van der Waals surface area contributed by atoms with Crippen LogP contribution >= 0.6 is 0 Å². The standard InChI is InChI=1S/C15H22O2/c1-9-4-6-12(8-11(3)15(16)17)14-10(2)5-7-13(9)14/h8-9,12-13H,4-7H2,1-3H3,(H,16,17)/b11-8+/t9-,12-,13-/m0/s1. The number of allylic oxidation sites excluding steroid dienone is 3. The van der Waals surface area contributed by atoms with Gasteiger partial charge in [-0.1, -0.05) is 24.1 Å². The molecule has 2 aliphatic carbocycles. The molecule has 2 aliphatic rings. The Morgan fingerprint density at radius 1 is 1.35 bits per heavy atom. The Bertz CT molecular complexity index is 390. The minimum atomic E-state index is -0.781. The number of carbonyl (C=O) groups is 1. The highest BCUT2D eigenvalue weighted by molar-refractivity contribution is 5.85. The lowest BCUT2D eigenvalue weighted by Crippen LogP contribution is -2.23. The van der Waals surface area contributed by atoms with E-state index in [0.29, 0.717) is 17.4 Å². The highest BCUT2D eigenvalue weighted by atomic mass is 16.4. The summed E-state index contributed by atoms with van der Waals surface area (Å²) in [4.78, 5) is 10.9. The summed E-state index contributed by atoms with van der Waals surface area (Å²) in [5.41, 5.74) is 3.57. The molecule has 0 heterocycles. The monoisotopic (exact) mass is 234 g/mol. The van der Waals surface area contributed by atoms with E-state index in [0.717, 1.165) is 12.3 Å². The average Bonchev–Trinajstić information content (AvgIpc) is 2.66. The summed E-state index contributed by atoms with van der Waals surface area (Å²) in [7, 11) is 0. The van der Waals surface area contributed by atoms with E-state index in [4.69, 9.17) is 5.11 Å². The van der Waals surface area contributed by atoms with Crippen LogP contribution in [0.15, 0.2) is 22.8 Å². The van der Waals surface area contributed by atoms with Crippen molar-refractivity contribution in [1.29, 1.82) is 0 Å². The van der Waals surface area contributed by atoms with Gasteiger partial charge in [0.2, 0.25) is 0 Å². The zero-order valence-corrected chi connectivity index (χ0v) is 11.0. The second-order valence-corrected chi connectivity index (χ2v) is 5.70. The zero-order chi connectivity index (χ0) is 12.6. The van der Waals surface area contributed by atoms with Gasteiger partial charge in [-0.15, -0.1) is 0 Å². The van der Waals surface area contributed by atoms with Crippen LogP contribution in [0.3, 0.4) is 0 Å². The van der Waals surface area contributed by atoms with Gasteiger partial charge in [0.05, 0.1) is 0 Å². The van der Waals surface area contributed by atoms with Crippen LogP contribution in [-0.2, 0) is 4.79 Å². The number of hydrogen-bond acceptors (Lipinski definition) is 1. The molecule has 0 unspecified atom stereocenters. The Hall–Kier alpha value is -1.05. The number of carboxylic acids is 1.